The SMILES string of the molecule is CNCCNc1ccc(Cl)cc1[N+](=O)[O-]. The summed E-state index contributed by atoms with van der Waals surface area (Å²) >= 11 is 5.68. The van der Waals surface area contributed by atoms with Gasteiger partial charge in [-0.15, -0.1) is 0 Å². The molecule has 0 radical (unpaired) electrons. The molecule has 0 aliphatic rings. The molecule has 0 spiro atoms. The predicted octanol–water partition coefficient (Wildman–Crippen LogP) is 1.88. The van der Waals surface area contributed by atoms with E-state index >= 15 is 0 Å². The Morgan fingerprint density at radius 3 is 2.80 bits per heavy atom. The summed E-state index contributed by atoms with van der Waals surface area (Å²) in [6.45, 7) is 1.36. The van der Waals surface area contributed by atoms with Crippen LogP contribution in [-0.2, 0) is 0 Å². The fraction of sp³-hybridized carbons (Fsp3) is 0.333. The smallest absolute Gasteiger partial charge is 0.293 e. The van der Waals surface area contributed by atoms with Gasteiger partial charge in [0.2, 0.25) is 0 Å². The summed E-state index contributed by atoms with van der Waals surface area (Å²) in [4.78, 5) is 10.2. The summed E-state index contributed by atoms with van der Waals surface area (Å²) in [6, 6.07) is 4.57. The highest BCUT2D eigenvalue weighted by Gasteiger charge is 2.13. The lowest BCUT2D eigenvalue weighted by Crippen LogP contribution is -2.18. The molecule has 1 rings (SSSR count). The zero-order valence-electron chi connectivity index (χ0n) is 8.29. The van der Waals surface area contributed by atoms with Gasteiger partial charge >= 0.3 is 0 Å². The summed E-state index contributed by atoms with van der Waals surface area (Å²) in [5, 5.41) is 17.0. The van der Waals surface area contributed by atoms with Crippen molar-refractivity contribution in [3.05, 3.63) is 33.3 Å². The molecule has 2 N–H and O–H groups in total. The van der Waals surface area contributed by atoms with Gasteiger partial charge in [-0.25, -0.2) is 0 Å². The van der Waals surface area contributed by atoms with Crippen LogP contribution in [0.4, 0.5) is 11.4 Å². The average Bonchev–Trinajstić information content (AvgIpc) is 2.20. The van der Waals surface area contributed by atoms with Crippen LogP contribution < -0.4 is 10.6 Å². The van der Waals surface area contributed by atoms with Gasteiger partial charge in [0.1, 0.15) is 5.69 Å². The van der Waals surface area contributed by atoms with E-state index in [1.165, 1.54) is 6.07 Å². The largest absolute Gasteiger partial charge is 0.378 e. The first kappa shape index (κ1) is 11.7. The van der Waals surface area contributed by atoms with Gasteiger partial charge in [0.25, 0.3) is 5.69 Å². The summed E-state index contributed by atoms with van der Waals surface area (Å²) < 4.78 is 0. The second-order valence-corrected chi connectivity index (χ2v) is 3.39. The zero-order chi connectivity index (χ0) is 11.3. The topological polar surface area (TPSA) is 67.2 Å². The second-order valence-electron chi connectivity index (χ2n) is 2.95. The number of rotatable bonds is 5. The Morgan fingerprint density at radius 2 is 2.20 bits per heavy atom. The lowest BCUT2D eigenvalue weighted by molar-refractivity contribution is -0.383. The lowest BCUT2D eigenvalue weighted by atomic mass is 10.2. The maximum atomic E-state index is 10.7. The number of likely N-dealkylation sites (N-methyl/N-ethyl adjacent to an activating group) is 1. The molecule has 0 atom stereocenters. The molecule has 0 saturated heterocycles. The van der Waals surface area contributed by atoms with Gasteiger partial charge in [0, 0.05) is 24.2 Å². The highest BCUT2D eigenvalue weighted by molar-refractivity contribution is 6.30. The Bertz CT molecular complexity index is 357. The lowest BCUT2D eigenvalue weighted by Gasteiger charge is -2.06. The van der Waals surface area contributed by atoms with Gasteiger partial charge in [0.15, 0.2) is 0 Å². The van der Waals surface area contributed by atoms with Crippen LogP contribution in [0.1, 0.15) is 0 Å². The number of halogens is 1. The number of anilines is 1. The van der Waals surface area contributed by atoms with E-state index in [4.69, 9.17) is 11.6 Å². The first-order valence-corrected chi connectivity index (χ1v) is 4.85. The molecule has 0 aliphatic carbocycles. The molecule has 1 aromatic rings. The van der Waals surface area contributed by atoms with Crippen LogP contribution in [0.5, 0.6) is 0 Å². The Morgan fingerprint density at radius 1 is 1.47 bits per heavy atom. The Labute approximate surface area is 92.6 Å². The van der Waals surface area contributed by atoms with E-state index in [2.05, 4.69) is 10.6 Å². The molecule has 15 heavy (non-hydrogen) atoms. The van der Waals surface area contributed by atoms with Crippen molar-refractivity contribution < 1.29 is 4.92 Å². The molecule has 0 fully saturated rings. The van der Waals surface area contributed by atoms with E-state index in [0.717, 1.165) is 6.54 Å². The number of nitro groups is 1. The van der Waals surface area contributed by atoms with Crippen molar-refractivity contribution in [1.82, 2.24) is 5.32 Å². The number of hydrogen-bond donors (Lipinski definition) is 2. The minimum Gasteiger partial charge on any atom is -0.378 e. The van der Waals surface area contributed by atoms with Crippen molar-refractivity contribution in [2.75, 3.05) is 25.5 Å². The van der Waals surface area contributed by atoms with E-state index < -0.39 is 4.92 Å². The Balaban J connectivity index is 2.81. The highest BCUT2D eigenvalue weighted by Crippen LogP contribution is 2.27. The van der Waals surface area contributed by atoms with E-state index in [-0.39, 0.29) is 5.69 Å². The maximum Gasteiger partial charge on any atom is 0.293 e. The zero-order valence-corrected chi connectivity index (χ0v) is 9.04. The number of nitrogens with one attached hydrogen (secondary N) is 2. The van der Waals surface area contributed by atoms with E-state index in [1.807, 2.05) is 7.05 Å². The van der Waals surface area contributed by atoms with Crippen molar-refractivity contribution in [3.63, 3.8) is 0 Å². The summed E-state index contributed by atoms with van der Waals surface area (Å²) in [7, 11) is 1.82. The molecule has 5 nitrogen and oxygen atoms in total. The maximum absolute atomic E-state index is 10.7. The average molecular weight is 230 g/mol. The van der Waals surface area contributed by atoms with Crippen LogP contribution in [0.3, 0.4) is 0 Å². The van der Waals surface area contributed by atoms with E-state index in [9.17, 15) is 10.1 Å². The number of hydrogen-bond acceptors (Lipinski definition) is 4. The highest BCUT2D eigenvalue weighted by atomic mass is 35.5. The van der Waals surface area contributed by atoms with Crippen LogP contribution in [0.2, 0.25) is 5.02 Å². The van der Waals surface area contributed by atoms with Gasteiger partial charge in [-0.2, -0.15) is 0 Å². The summed E-state index contributed by atoms with van der Waals surface area (Å²) in [5.41, 5.74) is 0.484. The normalized spacial score (nSPS) is 10.0. The number of nitro benzene ring substituents is 1. The predicted molar refractivity (Wildman–Crippen MR) is 60.5 cm³/mol. The molecular formula is C9H12ClN3O2. The number of nitrogens with zero attached hydrogens (tertiary/aromatic N) is 1. The van der Waals surface area contributed by atoms with Gasteiger partial charge in [0.05, 0.1) is 4.92 Å². The molecule has 6 heteroatoms. The van der Waals surface area contributed by atoms with Crippen LogP contribution >= 0.6 is 11.6 Å². The summed E-state index contributed by atoms with van der Waals surface area (Å²) in [5.74, 6) is 0. The second kappa shape index (κ2) is 5.53. The van der Waals surface area contributed by atoms with Crippen LogP contribution in [-0.4, -0.2) is 25.1 Å². The third-order valence-corrected chi connectivity index (χ3v) is 2.08. The first-order valence-electron chi connectivity index (χ1n) is 4.47. The summed E-state index contributed by atoms with van der Waals surface area (Å²) in [6.07, 6.45) is 0. The quantitative estimate of drug-likeness (QED) is 0.460. The molecule has 82 valence electrons. The minimum absolute atomic E-state index is 0.00129. The first-order chi connectivity index (χ1) is 7.15. The van der Waals surface area contributed by atoms with Gasteiger partial charge in [-0.05, 0) is 19.2 Å². The van der Waals surface area contributed by atoms with Crippen molar-refractivity contribution in [1.29, 1.82) is 0 Å². The molecule has 1 aromatic carbocycles. The van der Waals surface area contributed by atoms with Crippen LogP contribution in [0.25, 0.3) is 0 Å². The van der Waals surface area contributed by atoms with Crippen LogP contribution in [0.15, 0.2) is 18.2 Å². The fourth-order valence-electron chi connectivity index (χ4n) is 1.13. The molecule has 0 aliphatic heterocycles. The number of benzene rings is 1. The molecular weight excluding hydrogens is 218 g/mol. The van der Waals surface area contributed by atoms with Crippen molar-refractivity contribution in [2.24, 2.45) is 0 Å². The molecule has 0 heterocycles. The molecule has 0 aromatic heterocycles. The fourth-order valence-corrected chi connectivity index (χ4v) is 1.29. The molecule has 0 bridgehead atoms. The van der Waals surface area contributed by atoms with E-state index in [1.54, 1.807) is 12.1 Å². The molecule has 0 unspecified atom stereocenters. The van der Waals surface area contributed by atoms with Gasteiger partial charge in [-0.1, -0.05) is 11.6 Å². The Hall–Kier alpha value is -1.33. The standard InChI is InChI=1S/C9H12ClN3O2/c1-11-4-5-12-8-3-2-7(10)6-9(8)13(14)15/h2-3,6,11-12H,4-5H2,1H3. The van der Waals surface area contributed by atoms with E-state index in [0.29, 0.717) is 17.3 Å². The third-order valence-electron chi connectivity index (χ3n) is 1.85. The van der Waals surface area contributed by atoms with Gasteiger partial charge in [-0.3, -0.25) is 10.1 Å². The van der Waals surface area contributed by atoms with Gasteiger partial charge < -0.3 is 10.6 Å². The Kier molecular flexibility index (Phi) is 4.33. The molecule has 0 saturated carbocycles. The van der Waals surface area contributed by atoms with Crippen molar-refractivity contribution in [3.8, 4) is 0 Å². The monoisotopic (exact) mass is 229 g/mol. The third kappa shape index (κ3) is 3.38. The van der Waals surface area contributed by atoms with Crippen LogP contribution in [0, 0.1) is 10.1 Å². The van der Waals surface area contributed by atoms with Crippen molar-refractivity contribution >= 4 is 23.0 Å². The molecule has 0 amide bonds. The van der Waals surface area contributed by atoms with Crippen molar-refractivity contribution in [2.45, 2.75) is 0 Å². The minimum atomic E-state index is -0.451.